The van der Waals surface area contributed by atoms with Crippen LogP contribution in [0.3, 0.4) is 0 Å². The molecule has 2 rings (SSSR count). The highest BCUT2D eigenvalue weighted by molar-refractivity contribution is 7.17. The lowest BCUT2D eigenvalue weighted by molar-refractivity contribution is 0.630. The van der Waals surface area contributed by atoms with Gasteiger partial charge in [-0.25, -0.2) is 0 Å². The van der Waals surface area contributed by atoms with E-state index >= 15 is 0 Å². The molecule has 1 N–H and O–H groups in total. The van der Waals surface area contributed by atoms with Crippen LogP contribution < -0.4 is 10.9 Å². The Morgan fingerprint density at radius 3 is 3.14 bits per heavy atom. The molecule has 2 heterocycles. The molecular formula is C10H12N2OS. The lowest BCUT2D eigenvalue weighted by Gasteiger charge is -2.04. The molecule has 0 spiro atoms. The average molecular weight is 208 g/mol. The predicted molar refractivity (Wildman–Crippen MR) is 60.0 cm³/mol. The number of fused-ring (bicyclic) bond motifs is 1. The summed E-state index contributed by atoms with van der Waals surface area (Å²) in [5, 5.41) is 5.81. The van der Waals surface area contributed by atoms with Gasteiger partial charge in [0.2, 0.25) is 0 Å². The molecule has 0 aliphatic rings. The monoisotopic (exact) mass is 208 g/mol. The Hall–Kier alpha value is -1.13. The second kappa shape index (κ2) is 3.94. The van der Waals surface area contributed by atoms with E-state index in [4.69, 9.17) is 0 Å². The lowest BCUT2D eigenvalue weighted by Crippen LogP contribution is -2.24. The zero-order valence-electron chi connectivity index (χ0n) is 7.99. The maximum Gasteiger partial charge on any atom is 0.259 e. The standard InChI is InChI=1S/C10H12N2OS/c1-11-4-6-12-5-2-9-8(10(12)13)3-7-14-9/h2-3,5,7,11H,4,6H2,1H3. The molecule has 3 nitrogen and oxygen atoms in total. The fourth-order valence-electron chi connectivity index (χ4n) is 1.42. The topological polar surface area (TPSA) is 34.0 Å². The van der Waals surface area contributed by atoms with Crippen LogP contribution in [0, 0.1) is 0 Å². The van der Waals surface area contributed by atoms with E-state index in [1.54, 1.807) is 15.9 Å². The first kappa shape index (κ1) is 9.43. The van der Waals surface area contributed by atoms with E-state index in [1.165, 1.54) is 0 Å². The van der Waals surface area contributed by atoms with Gasteiger partial charge in [0.15, 0.2) is 0 Å². The van der Waals surface area contributed by atoms with Gasteiger partial charge in [-0.3, -0.25) is 4.79 Å². The van der Waals surface area contributed by atoms with Gasteiger partial charge in [-0.1, -0.05) is 0 Å². The van der Waals surface area contributed by atoms with Crippen LogP contribution in [-0.2, 0) is 6.54 Å². The summed E-state index contributed by atoms with van der Waals surface area (Å²) in [7, 11) is 1.88. The molecule has 2 aromatic rings. The molecule has 74 valence electrons. The van der Waals surface area contributed by atoms with E-state index in [9.17, 15) is 4.79 Å². The third kappa shape index (κ3) is 1.58. The highest BCUT2D eigenvalue weighted by Gasteiger charge is 2.02. The molecule has 0 aromatic carbocycles. The summed E-state index contributed by atoms with van der Waals surface area (Å²) in [5.74, 6) is 0. The molecule has 0 radical (unpaired) electrons. The molecule has 0 aliphatic carbocycles. The first-order valence-electron chi connectivity index (χ1n) is 4.54. The maximum atomic E-state index is 11.8. The van der Waals surface area contributed by atoms with Gasteiger partial charge in [0.1, 0.15) is 0 Å². The molecule has 0 bridgehead atoms. The van der Waals surface area contributed by atoms with Gasteiger partial charge in [-0.15, -0.1) is 11.3 Å². The number of hydrogen-bond acceptors (Lipinski definition) is 3. The lowest BCUT2D eigenvalue weighted by atomic mass is 10.3. The Bertz CT molecular complexity index is 486. The van der Waals surface area contributed by atoms with Crippen molar-refractivity contribution in [3.8, 4) is 0 Å². The summed E-state index contributed by atoms with van der Waals surface area (Å²) in [6, 6.07) is 3.88. The number of aromatic nitrogens is 1. The van der Waals surface area contributed by atoms with Gasteiger partial charge < -0.3 is 9.88 Å². The molecular weight excluding hydrogens is 196 g/mol. The molecule has 0 fully saturated rings. The Labute approximate surface area is 86.0 Å². The van der Waals surface area contributed by atoms with Crippen molar-refractivity contribution in [3.05, 3.63) is 34.1 Å². The minimum Gasteiger partial charge on any atom is -0.318 e. The minimum absolute atomic E-state index is 0.110. The molecule has 0 atom stereocenters. The predicted octanol–water partition coefficient (Wildman–Crippen LogP) is 1.28. The van der Waals surface area contributed by atoms with Gasteiger partial charge >= 0.3 is 0 Å². The van der Waals surface area contributed by atoms with Gasteiger partial charge in [0.05, 0.1) is 5.39 Å². The van der Waals surface area contributed by atoms with Gasteiger partial charge in [0.25, 0.3) is 5.56 Å². The fraction of sp³-hybridized carbons (Fsp3) is 0.300. The molecule has 0 saturated heterocycles. The zero-order chi connectivity index (χ0) is 9.97. The third-order valence-corrected chi connectivity index (χ3v) is 3.08. The van der Waals surface area contributed by atoms with Crippen LogP contribution in [0.1, 0.15) is 0 Å². The average Bonchev–Trinajstić information content (AvgIpc) is 2.66. The van der Waals surface area contributed by atoms with Crippen LogP contribution in [-0.4, -0.2) is 18.2 Å². The van der Waals surface area contributed by atoms with Crippen molar-refractivity contribution in [1.29, 1.82) is 0 Å². The zero-order valence-corrected chi connectivity index (χ0v) is 8.80. The molecule has 14 heavy (non-hydrogen) atoms. The normalized spacial score (nSPS) is 10.9. The molecule has 2 aromatic heterocycles. The van der Waals surface area contributed by atoms with E-state index < -0.39 is 0 Å². The van der Waals surface area contributed by atoms with Crippen LogP contribution in [0.5, 0.6) is 0 Å². The SMILES string of the molecule is CNCCn1ccc2sccc2c1=O. The highest BCUT2D eigenvalue weighted by atomic mass is 32.1. The molecule has 0 aliphatic heterocycles. The van der Waals surface area contributed by atoms with E-state index in [-0.39, 0.29) is 5.56 Å². The van der Waals surface area contributed by atoms with Gasteiger partial charge in [-0.2, -0.15) is 0 Å². The molecule has 0 unspecified atom stereocenters. The number of rotatable bonds is 3. The number of hydrogen-bond donors (Lipinski definition) is 1. The van der Waals surface area contributed by atoms with Crippen molar-refractivity contribution in [1.82, 2.24) is 9.88 Å². The molecule has 0 saturated carbocycles. The van der Waals surface area contributed by atoms with Crippen molar-refractivity contribution in [2.24, 2.45) is 0 Å². The molecule has 0 amide bonds. The number of likely N-dealkylation sites (N-methyl/N-ethyl adjacent to an activating group) is 1. The van der Waals surface area contributed by atoms with Crippen LogP contribution >= 0.6 is 11.3 Å². The van der Waals surface area contributed by atoms with Crippen LogP contribution in [0.2, 0.25) is 0 Å². The third-order valence-electron chi connectivity index (χ3n) is 2.20. The number of thiophene rings is 1. The summed E-state index contributed by atoms with van der Waals surface area (Å²) in [5.41, 5.74) is 0.110. The Morgan fingerprint density at radius 1 is 1.50 bits per heavy atom. The largest absolute Gasteiger partial charge is 0.318 e. The van der Waals surface area contributed by atoms with Crippen molar-refractivity contribution in [2.75, 3.05) is 13.6 Å². The second-order valence-corrected chi connectivity index (χ2v) is 4.06. The summed E-state index contributed by atoms with van der Waals surface area (Å²) < 4.78 is 2.81. The summed E-state index contributed by atoms with van der Waals surface area (Å²) in [6.07, 6.45) is 1.86. The number of nitrogens with zero attached hydrogens (tertiary/aromatic N) is 1. The van der Waals surface area contributed by atoms with Crippen LogP contribution in [0.4, 0.5) is 0 Å². The summed E-state index contributed by atoms with van der Waals surface area (Å²) in [6.45, 7) is 1.54. The summed E-state index contributed by atoms with van der Waals surface area (Å²) in [4.78, 5) is 11.8. The quantitative estimate of drug-likeness (QED) is 0.824. The highest BCUT2D eigenvalue weighted by Crippen LogP contribution is 2.15. The van der Waals surface area contributed by atoms with Crippen molar-refractivity contribution < 1.29 is 0 Å². The van der Waals surface area contributed by atoms with E-state index in [0.717, 1.165) is 23.2 Å². The maximum absolute atomic E-state index is 11.8. The Morgan fingerprint density at radius 2 is 2.36 bits per heavy atom. The van der Waals surface area contributed by atoms with Crippen molar-refractivity contribution in [3.63, 3.8) is 0 Å². The second-order valence-electron chi connectivity index (χ2n) is 3.12. The van der Waals surface area contributed by atoms with E-state index in [2.05, 4.69) is 5.32 Å². The summed E-state index contributed by atoms with van der Waals surface area (Å²) >= 11 is 1.61. The van der Waals surface area contributed by atoms with Gasteiger partial charge in [-0.05, 0) is 24.6 Å². The van der Waals surface area contributed by atoms with E-state index in [1.807, 2.05) is 30.8 Å². The van der Waals surface area contributed by atoms with Crippen LogP contribution in [0.15, 0.2) is 28.5 Å². The first-order valence-corrected chi connectivity index (χ1v) is 5.42. The van der Waals surface area contributed by atoms with Crippen molar-refractivity contribution >= 4 is 21.4 Å². The van der Waals surface area contributed by atoms with Crippen LogP contribution in [0.25, 0.3) is 10.1 Å². The fourth-order valence-corrected chi connectivity index (χ4v) is 2.19. The Balaban J connectivity index is 2.46. The minimum atomic E-state index is 0.110. The number of nitrogens with one attached hydrogen (secondary N) is 1. The van der Waals surface area contributed by atoms with E-state index in [0.29, 0.717) is 0 Å². The molecule has 4 heteroatoms. The van der Waals surface area contributed by atoms with Gasteiger partial charge in [0, 0.05) is 24.0 Å². The number of pyridine rings is 1. The smallest absolute Gasteiger partial charge is 0.259 e. The Kier molecular flexibility index (Phi) is 2.65. The first-order chi connectivity index (χ1) is 6.83. The van der Waals surface area contributed by atoms with Crippen molar-refractivity contribution in [2.45, 2.75) is 6.54 Å².